The zero-order valence-electron chi connectivity index (χ0n) is 21.2. The normalized spacial score (nSPS) is 14.7. The summed E-state index contributed by atoms with van der Waals surface area (Å²) in [5, 5.41) is 12.9. The van der Waals surface area contributed by atoms with Crippen molar-refractivity contribution >= 4 is 55.5 Å². The number of carbonyl (C=O) groups is 1. The molecule has 0 bridgehead atoms. The number of alkyl halides is 3. The maximum atomic E-state index is 13.6. The molecule has 0 spiro atoms. The number of nitrogens with zero attached hydrogens (tertiary/aromatic N) is 4. The second kappa shape index (κ2) is 11.3. The largest absolute Gasteiger partial charge is 0.433 e. The fourth-order valence-electron chi connectivity index (χ4n) is 4.44. The second-order valence-corrected chi connectivity index (χ2v) is 12.9. The van der Waals surface area contributed by atoms with Crippen LogP contribution in [0.3, 0.4) is 0 Å². The van der Waals surface area contributed by atoms with Crippen molar-refractivity contribution in [2.75, 3.05) is 31.1 Å². The predicted molar refractivity (Wildman–Crippen MR) is 149 cm³/mol. The van der Waals surface area contributed by atoms with E-state index in [9.17, 15) is 31.6 Å². The molecule has 0 unspecified atom stereocenters. The number of aromatic nitrogens is 1. The van der Waals surface area contributed by atoms with E-state index in [1.165, 1.54) is 28.6 Å². The first-order chi connectivity index (χ1) is 19.5. The smallest absolute Gasteiger partial charge is 0.368 e. The number of thiophene rings is 1. The van der Waals surface area contributed by atoms with Crippen LogP contribution in [0.25, 0.3) is 10.9 Å². The summed E-state index contributed by atoms with van der Waals surface area (Å²) in [6.07, 6.45) is -4.67. The van der Waals surface area contributed by atoms with Gasteiger partial charge >= 0.3 is 6.18 Å². The summed E-state index contributed by atoms with van der Waals surface area (Å²) in [5.74, 6) is -0.324. The highest BCUT2D eigenvalue weighted by atomic mass is 35.5. The van der Waals surface area contributed by atoms with Crippen molar-refractivity contribution in [1.82, 2.24) is 14.6 Å². The van der Waals surface area contributed by atoms with Crippen LogP contribution in [0.4, 0.5) is 18.9 Å². The number of fused-ring (bicyclic) bond motifs is 1. The molecule has 3 heterocycles. The van der Waals surface area contributed by atoms with Crippen molar-refractivity contribution in [1.29, 1.82) is 5.26 Å². The highest BCUT2D eigenvalue weighted by Gasteiger charge is 2.35. The number of anilines is 1. The van der Waals surface area contributed by atoms with Crippen LogP contribution >= 0.6 is 22.9 Å². The number of pyridine rings is 1. The molecule has 1 amide bonds. The van der Waals surface area contributed by atoms with E-state index in [2.05, 4.69) is 10.3 Å². The van der Waals surface area contributed by atoms with Crippen LogP contribution in [0.2, 0.25) is 5.02 Å². The summed E-state index contributed by atoms with van der Waals surface area (Å²) in [5.41, 5.74) is -0.0253. The minimum absolute atomic E-state index is 0.0476. The quantitative estimate of drug-likeness (QED) is 0.315. The monoisotopic (exact) mass is 619 g/mol. The number of piperazine rings is 1. The van der Waals surface area contributed by atoms with Crippen molar-refractivity contribution in [3.05, 3.63) is 87.4 Å². The van der Waals surface area contributed by atoms with Gasteiger partial charge < -0.3 is 10.2 Å². The van der Waals surface area contributed by atoms with Crippen LogP contribution in [0, 0.1) is 11.3 Å². The average molecular weight is 620 g/mol. The summed E-state index contributed by atoms with van der Waals surface area (Å²) in [7, 11) is -3.86. The van der Waals surface area contributed by atoms with E-state index in [0.29, 0.717) is 20.8 Å². The Morgan fingerprint density at radius 2 is 1.76 bits per heavy atom. The first-order valence-electron chi connectivity index (χ1n) is 12.3. The van der Waals surface area contributed by atoms with Gasteiger partial charge in [0, 0.05) is 52.7 Å². The fourth-order valence-corrected chi connectivity index (χ4v) is 7.44. The van der Waals surface area contributed by atoms with Crippen molar-refractivity contribution < 1.29 is 26.4 Å². The zero-order chi connectivity index (χ0) is 29.4. The van der Waals surface area contributed by atoms with Crippen molar-refractivity contribution in [2.24, 2.45) is 0 Å². The van der Waals surface area contributed by atoms with Gasteiger partial charge in [0.25, 0.3) is 15.9 Å². The summed E-state index contributed by atoms with van der Waals surface area (Å²) in [6, 6.07) is 16.7. The van der Waals surface area contributed by atoms with Crippen molar-refractivity contribution in [2.45, 2.75) is 16.9 Å². The highest BCUT2D eigenvalue weighted by Crippen LogP contribution is 2.36. The summed E-state index contributed by atoms with van der Waals surface area (Å²) >= 11 is 6.89. The third-order valence-corrected chi connectivity index (χ3v) is 10.2. The molecule has 41 heavy (non-hydrogen) atoms. The minimum Gasteiger partial charge on any atom is -0.368 e. The molecule has 5 rings (SSSR count). The lowest BCUT2D eigenvalue weighted by Crippen LogP contribution is -2.48. The molecule has 0 atom stereocenters. The second-order valence-electron chi connectivity index (χ2n) is 9.17. The molecule has 0 radical (unpaired) electrons. The van der Waals surface area contributed by atoms with E-state index in [0.717, 1.165) is 17.4 Å². The molecule has 1 aliphatic heterocycles. The standard InChI is InChI=1S/C27H21ClF3N5O3S2/c28-19-4-2-18(3-5-19)26(37)33-16-20-6-8-25(40-20)41(38,39)36-11-9-35(10-12-36)23-14-24(27(29,30)31)34-22-7-1-17(15-32)13-21(22)23/h1-8,13-14H,9-12,16H2,(H,33,37). The number of benzene rings is 2. The molecule has 212 valence electrons. The van der Waals surface area contributed by atoms with Gasteiger partial charge in [0.1, 0.15) is 9.90 Å². The molecule has 2 aromatic heterocycles. The zero-order valence-corrected chi connectivity index (χ0v) is 23.5. The maximum Gasteiger partial charge on any atom is 0.433 e. The molecule has 4 aromatic rings. The number of hydrogen-bond acceptors (Lipinski definition) is 7. The lowest BCUT2D eigenvalue weighted by atomic mass is 10.1. The Labute approximate surface area is 242 Å². The Bertz CT molecular complexity index is 1760. The number of amides is 1. The predicted octanol–water partition coefficient (Wildman–Crippen LogP) is 5.28. The number of hydrogen-bond donors (Lipinski definition) is 1. The van der Waals surface area contributed by atoms with Gasteiger partial charge in [-0.15, -0.1) is 11.3 Å². The van der Waals surface area contributed by atoms with E-state index in [-0.39, 0.29) is 59.6 Å². The van der Waals surface area contributed by atoms with E-state index in [4.69, 9.17) is 11.6 Å². The average Bonchev–Trinajstić information content (AvgIpc) is 3.45. The molecule has 1 aliphatic rings. The minimum atomic E-state index is -4.67. The van der Waals surface area contributed by atoms with E-state index < -0.39 is 21.9 Å². The van der Waals surface area contributed by atoms with Crippen LogP contribution in [-0.4, -0.2) is 49.8 Å². The molecule has 1 saturated heterocycles. The lowest BCUT2D eigenvalue weighted by molar-refractivity contribution is -0.140. The number of halogens is 4. The number of nitriles is 1. The molecular weight excluding hydrogens is 599 g/mol. The van der Waals surface area contributed by atoms with Gasteiger partial charge in [0.15, 0.2) is 0 Å². The summed E-state index contributed by atoms with van der Waals surface area (Å²) < 4.78 is 68.8. The Morgan fingerprint density at radius 3 is 2.41 bits per heavy atom. The van der Waals surface area contributed by atoms with Crippen LogP contribution < -0.4 is 10.2 Å². The van der Waals surface area contributed by atoms with Crippen molar-refractivity contribution in [3.63, 3.8) is 0 Å². The van der Waals surface area contributed by atoms with Crippen LogP contribution in [0.15, 0.2) is 64.9 Å². The lowest BCUT2D eigenvalue weighted by Gasteiger charge is -2.35. The van der Waals surface area contributed by atoms with E-state index in [1.54, 1.807) is 35.2 Å². The molecule has 8 nitrogen and oxygen atoms in total. The SMILES string of the molecule is N#Cc1ccc2nc(C(F)(F)F)cc(N3CCN(S(=O)(=O)c4ccc(CNC(=O)c5ccc(Cl)cc5)s4)CC3)c2c1. The molecule has 2 aromatic carbocycles. The molecule has 14 heteroatoms. The number of sulfonamides is 1. The van der Waals surface area contributed by atoms with E-state index in [1.807, 2.05) is 6.07 Å². The Morgan fingerprint density at radius 1 is 1.05 bits per heavy atom. The van der Waals surface area contributed by atoms with Gasteiger partial charge in [-0.2, -0.15) is 22.7 Å². The fraction of sp³-hybridized carbons (Fsp3) is 0.222. The third kappa shape index (κ3) is 6.15. The Kier molecular flexibility index (Phi) is 7.93. The third-order valence-electron chi connectivity index (χ3n) is 6.55. The van der Waals surface area contributed by atoms with Crippen molar-refractivity contribution in [3.8, 4) is 6.07 Å². The van der Waals surface area contributed by atoms with Crippen LogP contribution in [0.1, 0.15) is 26.5 Å². The number of carbonyl (C=O) groups excluding carboxylic acids is 1. The highest BCUT2D eigenvalue weighted by molar-refractivity contribution is 7.91. The molecule has 0 saturated carbocycles. The molecule has 0 aliphatic carbocycles. The number of nitrogens with one attached hydrogen (secondary N) is 1. The van der Waals surface area contributed by atoms with Gasteiger partial charge in [0.05, 0.1) is 23.7 Å². The first kappa shape index (κ1) is 28.8. The van der Waals surface area contributed by atoms with Crippen LogP contribution in [-0.2, 0) is 22.7 Å². The number of rotatable bonds is 6. The van der Waals surface area contributed by atoms with Gasteiger partial charge in [-0.1, -0.05) is 11.6 Å². The summed E-state index contributed by atoms with van der Waals surface area (Å²) in [4.78, 5) is 18.4. The van der Waals surface area contributed by atoms with Gasteiger partial charge in [-0.25, -0.2) is 13.4 Å². The van der Waals surface area contributed by atoms with Crippen LogP contribution in [0.5, 0.6) is 0 Å². The van der Waals surface area contributed by atoms with Gasteiger partial charge in [0.2, 0.25) is 0 Å². The topological polar surface area (TPSA) is 106 Å². The Balaban J connectivity index is 1.29. The maximum absolute atomic E-state index is 13.6. The van der Waals surface area contributed by atoms with Gasteiger partial charge in [-0.3, -0.25) is 4.79 Å². The molecule has 1 N–H and O–H groups in total. The van der Waals surface area contributed by atoms with Gasteiger partial charge in [-0.05, 0) is 60.7 Å². The Hall–Kier alpha value is -3.70. The molecular formula is C27H21ClF3N5O3S2. The van der Waals surface area contributed by atoms with E-state index >= 15 is 0 Å². The first-order valence-corrected chi connectivity index (χ1v) is 14.9. The summed E-state index contributed by atoms with van der Waals surface area (Å²) in [6.45, 7) is 0.512. The molecule has 1 fully saturated rings.